The van der Waals surface area contributed by atoms with Gasteiger partial charge in [-0.25, -0.2) is 0 Å². The lowest BCUT2D eigenvalue weighted by atomic mass is 10.2. The summed E-state index contributed by atoms with van der Waals surface area (Å²) in [5.41, 5.74) is 0.362. The molecule has 1 rings (SSSR count). The van der Waals surface area contributed by atoms with E-state index in [0.717, 1.165) is 6.21 Å². The molecule has 0 fully saturated rings. The highest BCUT2D eigenvalue weighted by Crippen LogP contribution is 2.28. The molecule has 0 radical (unpaired) electrons. The van der Waals surface area contributed by atoms with E-state index < -0.39 is 31.3 Å². The summed E-state index contributed by atoms with van der Waals surface area (Å²) in [7, 11) is 1.25. The minimum atomic E-state index is -4.53. The molecule has 0 aliphatic rings. The molecule has 0 spiro atoms. The second kappa shape index (κ2) is 9.04. The normalized spacial score (nSPS) is 13.0. The van der Waals surface area contributed by atoms with Crippen LogP contribution in [0.2, 0.25) is 0 Å². The van der Waals surface area contributed by atoms with Crippen molar-refractivity contribution < 1.29 is 41.1 Å². The van der Waals surface area contributed by atoms with E-state index in [-0.39, 0.29) is 11.5 Å². The van der Waals surface area contributed by atoms with Crippen LogP contribution in [-0.4, -0.2) is 44.7 Å². The average Bonchev–Trinajstić information content (AvgIpc) is 2.52. The molecule has 1 N–H and O–H groups in total. The third-order valence-corrected chi connectivity index (χ3v) is 2.66. The number of hydrogen-bond donors (Lipinski definition) is 1. The zero-order valence-corrected chi connectivity index (χ0v) is 13.1. The fraction of sp³-hybridized carbons (Fsp3) is 0.429. The van der Waals surface area contributed by atoms with E-state index in [1.165, 1.54) is 32.2 Å². The zero-order valence-electron chi connectivity index (χ0n) is 13.1. The van der Waals surface area contributed by atoms with Crippen molar-refractivity contribution >= 4 is 12.1 Å². The van der Waals surface area contributed by atoms with Crippen molar-refractivity contribution in [2.24, 2.45) is 5.16 Å². The van der Waals surface area contributed by atoms with Crippen LogP contribution in [-0.2, 0) is 9.63 Å². The number of hydrogen-bond acceptors (Lipinski definition) is 5. The Morgan fingerprint density at radius 3 is 2.56 bits per heavy atom. The van der Waals surface area contributed by atoms with Gasteiger partial charge in [-0.15, -0.1) is 0 Å². The van der Waals surface area contributed by atoms with Crippen LogP contribution >= 0.6 is 0 Å². The summed E-state index contributed by atoms with van der Waals surface area (Å²) in [4.78, 5) is 16.1. The van der Waals surface area contributed by atoms with E-state index in [0.29, 0.717) is 5.56 Å². The van der Waals surface area contributed by atoms with Gasteiger partial charge in [-0.05, 0) is 25.1 Å². The Hall–Kier alpha value is -2.59. The number of amides is 1. The fourth-order valence-corrected chi connectivity index (χ4v) is 1.52. The first-order chi connectivity index (χ1) is 11.6. The van der Waals surface area contributed by atoms with E-state index in [1.807, 2.05) is 0 Å². The Bertz CT molecular complexity index is 607. The van der Waals surface area contributed by atoms with Gasteiger partial charge in [0.1, 0.15) is 6.54 Å². The number of nitrogens with zero attached hydrogens (tertiary/aromatic N) is 1. The SMILES string of the molecule is COc1cc(C=NOC(C)C(=O)NCC(F)(F)F)ccc1OC(F)F. The van der Waals surface area contributed by atoms with Gasteiger partial charge in [-0.1, -0.05) is 5.16 Å². The van der Waals surface area contributed by atoms with E-state index in [9.17, 15) is 26.7 Å². The first-order valence-corrected chi connectivity index (χ1v) is 6.79. The summed E-state index contributed by atoms with van der Waals surface area (Å²) >= 11 is 0. The predicted molar refractivity (Wildman–Crippen MR) is 76.8 cm³/mol. The lowest BCUT2D eigenvalue weighted by Crippen LogP contribution is -2.39. The highest BCUT2D eigenvalue weighted by Gasteiger charge is 2.29. The van der Waals surface area contributed by atoms with Crippen molar-refractivity contribution in [2.45, 2.75) is 25.8 Å². The van der Waals surface area contributed by atoms with Crippen molar-refractivity contribution in [3.05, 3.63) is 23.8 Å². The van der Waals surface area contributed by atoms with E-state index in [4.69, 9.17) is 9.57 Å². The second-order valence-electron chi connectivity index (χ2n) is 4.60. The van der Waals surface area contributed by atoms with Gasteiger partial charge in [-0.2, -0.15) is 22.0 Å². The molecule has 0 aliphatic heterocycles. The Labute approximate surface area is 139 Å². The Balaban J connectivity index is 2.62. The van der Waals surface area contributed by atoms with Crippen molar-refractivity contribution in [2.75, 3.05) is 13.7 Å². The van der Waals surface area contributed by atoms with E-state index in [1.54, 1.807) is 5.32 Å². The van der Waals surface area contributed by atoms with Crippen LogP contribution in [0.25, 0.3) is 0 Å². The molecule has 0 saturated carbocycles. The molecule has 11 heteroatoms. The largest absolute Gasteiger partial charge is 0.493 e. The molecule has 1 aromatic rings. The topological polar surface area (TPSA) is 69.2 Å². The summed E-state index contributed by atoms with van der Waals surface area (Å²) in [5, 5.41) is 5.11. The highest BCUT2D eigenvalue weighted by molar-refractivity contribution is 5.82. The second-order valence-corrected chi connectivity index (χ2v) is 4.60. The summed E-state index contributed by atoms with van der Waals surface area (Å²) in [5.74, 6) is -1.16. The lowest BCUT2D eigenvalue weighted by Gasteiger charge is -2.12. The Morgan fingerprint density at radius 1 is 1.32 bits per heavy atom. The van der Waals surface area contributed by atoms with Crippen LogP contribution in [0.1, 0.15) is 12.5 Å². The molecule has 1 atom stereocenters. The van der Waals surface area contributed by atoms with Gasteiger partial charge >= 0.3 is 12.8 Å². The van der Waals surface area contributed by atoms with Gasteiger partial charge in [0.2, 0.25) is 6.10 Å². The number of oxime groups is 1. The predicted octanol–water partition coefficient (Wildman–Crippen LogP) is 2.71. The number of rotatable bonds is 8. The first kappa shape index (κ1) is 20.5. The number of ether oxygens (including phenoxy) is 2. The van der Waals surface area contributed by atoms with Crippen LogP contribution in [0.4, 0.5) is 22.0 Å². The van der Waals surface area contributed by atoms with E-state index in [2.05, 4.69) is 9.89 Å². The van der Waals surface area contributed by atoms with Gasteiger partial charge in [-0.3, -0.25) is 4.79 Å². The molecule has 1 unspecified atom stereocenters. The maximum Gasteiger partial charge on any atom is 0.405 e. The maximum atomic E-state index is 12.2. The fourth-order valence-electron chi connectivity index (χ4n) is 1.52. The molecule has 6 nitrogen and oxygen atoms in total. The van der Waals surface area contributed by atoms with Gasteiger partial charge in [0.25, 0.3) is 5.91 Å². The molecule has 0 aliphatic carbocycles. The average molecular weight is 370 g/mol. The molecule has 1 amide bonds. The number of nitrogens with one attached hydrogen (secondary N) is 1. The zero-order chi connectivity index (χ0) is 19.0. The molecule has 0 saturated heterocycles. The molecule has 1 aromatic carbocycles. The number of benzene rings is 1. The maximum absolute atomic E-state index is 12.2. The third kappa shape index (κ3) is 7.68. The quantitative estimate of drug-likeness (QED) is 0.434. The van der Waals surface area contributed by atoms with Crippen molar-refractivity contribution in [3.63, 3.8) is 0 Å². The van der Waals surface area contributed by atoms with Gasteiger partial charge in [0.15, 0.2) is 11.5 Å². The summed E-state index contributed by atoms with van der Waals surface area (Å²) < 4.78 is 69.5. The summed E-state index contributed by atoms with van der Waals surface area (Å²) in [6.07, 6.45) is -4.67. The minimum Gasteiger partial charge on any atom is -0.493 e. The van der Waals surface area contributed by atoms with Gasteiger partial charge in [0.05, 0.1) is 13.3 Å². The Morgan fingerprint density at radius 2 is 2.00 bits per heavy atom. The van der Waals surface area contributed by atoms with Crippen molar-refractivity contribution in [1.82, 2.24) is 5.32 Å². The molecule has 140 valence electrons. The molecular weight excluding hydrogens is 355 g/mol. The highest BCUT2D eigenvalue weighted by atomic mass is 19.4. The monoisotopic (exact) mass is 370 g/mol. The summed E-state index contributed by atoms with van der Waals surface area (Å²) in [6, 6.07) is 3.90. The molecule has 25 heavy (non-hydrogen) atoms. The smallest absolute Gasteiger partial charge is 0.405 e. The standard InChI is InChI=1S/C14H15F5N2O4/c1-8(12(22)20-7-14(17,18)19)25-21-6-9-3-4-10(24-13(15)16)11(5-9)23-2/h3-6,8,13H,7H2,1-2H3,(H,20,22). The number of alkyl halides is 5. The molecule has 0 aromatic heterocycles. The van der Waals surface area contributed by atoms with Crippen LogP contribution in [0, 0.1) is 0 Å². The summed E-state index contributed by atoms with van der Waals surface area (Å²) in [6.45, 7) is -3.29. The first-order valence-electron chi connectivity index (χ1n) is 6.79. The minimum absolute atomic E-state index is 0.0141. The number of halogens is 5. The number of carbonyl (C=O) groups excluding carboxylic acids is 1. The van der Waals surface area contributed by atoms with Crippen LogP contribution < -0.4 is 14.8 Å². The van der Waals surface area contributed by atoms with Crippen LogP contribution in [0.5, 0.6) is 11.5 Å². The van der Waals surface area contributed by atoms with Crippen molar-refractivity contribution in [3.8, 4) is 11.5 Å². The van der Waals surface area contributed by atoms with Crippen molar-refractivity contribution in [1.29, 1.82) is 0 Å². The molecule has 0 heterocycles. The number of carbonyl (C=O) groups is 1. The Kier molecular flexibility index (Phi) is 7.40. The van der Waals surface area contributed by atoms with Gasteiger partial charge in [0, 0.05) is 5.56 Å². The van der Waals surface area contributed by atoms with Gasteiger partial charge < -0.3 is 19.6 Å². The molecule has 0 bridgehead atoms. The molecular formula is C14H15F5N2O4. The third-order valence-electron chi connectivity index (χ3n) is 2.66. The van der Waals surface area contributed by atoms with Crippen LogP contribution in [0.3, 0.4) is 0 Å². The van der Waals surface area contributed by atoms with Crippen LogP contribution in [0.15, 0.2) is 23.4 Å². The van der Waals surface area contributed by atoms with E-state index >= 15 is 0 Å². The number of methoxy groups -OCH3 is 1. The lowest BCUT2D eigenvalue weighted by molar-refractivity contribution is -0.144.